The zero-order valence-corrected chi connectivity index (χ0v) is 6.17. The molecule has 11 heavy (non-hydrogen) atoms. The van der Waals surface area contributed by atoms with Crippen molar-refractivity contribution in [2.45, 2.75) is 25.7 Å². The van der Waals surface area contributed by atoms with Gasteiger partial charge < -0.3 is 5.11 Å². The summed E-state index contributed by atoms with van der Waals surface area (Å²) in [4.78, 5) is 22.0. The second-order valence-electron chi connectivity index (χ2n) is 3.62. The molecule has 3 heteroatoms. The lowest BCUT2D eigenvalue weighted by molar-refractivity contribution is -0.153. The Morgan fingerprint density at radius 3 is 2.64 bits per heavy atom. The quantitative estimate of drug-likeness (QED) is 0.569. The Morgan fingerprint density at radius 1 is 1.64 bits per heavy atom. The Hall–Kier alpha value is -0.860. The van der Waals surface area contributed by atoms with Crippen LogP contribution in [0.25, 0.3) is 0 Å². The van der Waals surface area contributed by atoms with Gasteiger partial charge in [-0.1, -0.05) is 0 Å². The number of rotatable bonds is 1. The monoisotopic (exact) mass is 154 g/mol. The van der Waals surface area contributed by atoms with E-state index in [0.29, 0.717) is 25.2 Å². The van der Waals surface area contributed by atoms with Crippen molar-refractivity contribution < 1.29 is 14.7 Å². The molecule has 60 valence electrons. The van der Waals surface area contributed by atoms with E-state index >= 15 is 0 Å². The fourth-order valence-corrected chi connectivity index (χ4v) is 2.35. The number of hydrogen-bond donors (Lipinski definition) is 1. The molecule has 0 aliphatic heterocycles. The standard InChI is InChI=1S/C8H10O3/c9-6-3-5-1-2-8(6,4-5)7(10)11/h5H,1-4H2,(H,10,11)/t5-,8+/m0/s1. The first kappa shape index (κ1) is 6.83. The van der Waals surface area contributed by atoms with E-state index in [4.69, 9.17) is 5.11 Å². The Morgan fingerprint density at radius 2 is 2.36 bits per heavy atom. The first-order valence-electron chi connectivity index (χ1n) is 3.92. The molecule has 2 saturated carbocycles. The van der Waals surface area contributed by atoms with Crippen molar-refractivity contribution in [2.24, 2.45) is 11.3 Å². The molecule has 0 amide bonds. The predicted octanol–water partition coefficient (Wildman–Crippen LogP) is 0.830. The van der Waals surface area contributed by atoms with Crippen LogP contribution in [-0.4, -0.2) is 16.9 Å². The molecule has 2 fully saturated rings. The van der Waals surface area contributed by atoms with Crippen LogP contribution in [-0.2, 0) is 9.59 Å². The van der Waals surface area contributed by atoms with E-state index < -0.39 is 11.4 Å². The molecule has 0 aromatic carbocycles. The molecule has 2 aliphatic rings. The van der Waals surface area contributed by atoms with E-state index in [1.54, 1.807) is 0 Å². The number of carbonyl (C=O) groups excluding carboxylic acids is 1. The first-order chi connectivity index (χ1) is 5.15. The molecule has 0 unspecified atom stereocenters. The second kappa shape index (κ2) is 1.84. The summed E-state index contributed by atoms with van der Waals surface area (Å²) in [6, 6.07) is 0. The Labute approximate surface area is 64.4 Å². The fraction of sp³-hybridized carbons (Fsp3) is 0.750. The average molecular weight is 154 g/mol. The van der Waals surface area contributed by atoms with Gasteiger partial charge in [-0.05, 0) is 25.2 Å². The lowest BCUT2D eigenvalue weighted by Crippen LogP contribution is -2.34. The molecule has 1 N–H and O–H groups in total. The second-order valence-corrected chi connectivity index (χ2v) is 3.62. The van der Waals surface area contributed by atoms with Gasteiger partial charge in [0.15, 0.2) is 0 Å². The van der Waals surface area contributed by atoms with Crippen molar-refractivity contribution in [2.75, 3.05) is 0 Å². The van der Waals surface area contributed by atoms with E-state index in [-0.39, 0.29) is 5.78 Å². The van der Waals surface area contributed by atoms with Gasteiger partial charge in [-0.25, -0.2) is 0 Å². The van der Waals surface area contributed by atoms with Crippen LogP contribution in [0.3, 0.4) is 0 Å². The van der Waals surface area contributed by atoms with Crippen molar-refractivity contribution in [1.29, 1.82) is 0 Å². The minimum Gasteiger partial charge on any atom is -0.480 e. The molecule has 0 spiro atoms. The molecule has 2 bridgehead atoms. The Bertz CT molecular complexity index is 233. The van der Waals surface area contributed by atoms with Gasteiger partial charge in [-0.2, -0.15) is 0 Å². The summed E-state index contributed by atoms with van der Waals surface area (Å²) < 4.78 is 0. The van der Waals surface area contributed by atoms with E-state index in [2.05, 4.69) is 0 Å². The molecule has 0 heterocycles. The van der Waals surface area contributed by atoms with Crippen LogP contribution in [0.15, 0.2) is 0 Å². The molecule has 0 aromatic rings. The van der Waals surface area contributed by atoms with Gasteiger partial charge in [0.05, 0.1) is 0 Å². The minimum atomic E-state index is -0.954. The third kappa shape index (κ3) is 0.682. The maximum atomic E-state index is 11.2. The third-order valence-electron chi connectivity index (χ3n) is 3.03. The average Bonchev–Trinajstić information content (AvgIpc) is 2.43. The lowest BCUT2D eigenvalue weighted by Gasteiger charge is -2.18. The van der Waals surface area contributed by atoms with Crippen molar-refractivity contribution in [3.05, 3.63) is 0 Å². The predicted molar refractivity (Wildman–Crippen MR) is 37.0 cm³/mol. The van der Waals surface area contributed by atoms with Crippen LogP contribution in [0.5, 0.6) is 0 Å². The first-order valence-corrected chi connectivity index (χ1v) is 3.92. The highest BCUT2D eigenvalue weighted by atomic mass is 16.4. The van der Waals surface area contributed by atoms with Crippen molar-refractivity contribution in [3.8, 4) is 0 Å². The highest BCUT2D eigenvalue weighted by molar-refractivity contribution is 6.05. The normalized spacial score (nSPS) is 41.5. The minimum absolute atomic E-state index is 0.0405. The van der Waals surface area contributed by atoms with Crippen LogP contribution in [0, 0.1) is 11.3 Å². The maximum absolute atomic E-state index is 11.2. The highest BCUT2D eigenvalue weighted by Gasteiger charge is 2.56. The van der Waals surface area contributed by atoms with Gasteiger partial charge in [0.25, 0.3) is 0 Å². The summed E-state index contributed by atoms with van der Waals surface area (Å²) in [5, 5.41) is 8.84. The summed E-state index contributed by atoms with van der Waals surface area (Å²) in [7, 11) is 0. The zero-order chi connectivity index (χ0) is 8.06. The maximum Gasteiger partial charge on any atom is 0.317 e. The lowest BCUT2D eigenvalue weighted by atomic mass is 9.83. The van der Waals surface area contributed by atoms with Gasteiger partial charge in [0.1, 0.15) is 11.2 Å². The highest BCUT2D eigenvalue weighted by Crippen LogP contribution is 2.51. The van der Waals surface area contributed by atoms with E-state index in [1.165, 1.54) is 0 Å². The SMILES string of the molecule is O=C(O)[C@@]12CC[C@@H](CC1=O)C2. The summed E-state index contributed by atoms with van der Waals surface area (Å²) in [5.41, 5.74) is -0.954. The molecule has 2 aliphatic carbocycles. The van der Waals surface area contributed by atoms with E-state index in [9.17, 15) is 9.59 Å². The van der Waals surface area contributed by atoms with E-state index in [0.717, 1.165) is 6.42 Å². The van der Waals surface area contributed by atoms with E-state index in [1.807, 2.05) is 0 Å². The number of carbonyl (C=O) groups is 2. The van der Waals surface area contributed by atoms with Gasteiger partial charge in [-0.15, -0.1) is 0 Å². The largest absolute Gasteiger partial charge is 0.480 e. The Kier molecular flexibility index (Phi) is 1.14. The fourth-order valence-electron chi connectivity index (χ4n) is 2.35. The van der Waals surface area contributed by atoms with Gasteiger partial charge >= 0.3 is 5.97 Å². The molecular formula is C8H10O3. The molecule has 0 aromatic heterocycles. The third-order valence-corrected chi connectivity index (χ3v) is 3.03. The van der Waals surface area contributed by atoms with Crippen LogP contribution in [0.2, 0.25) is 0 Å². The number of carboxylic acid groups (broad SMARTS) is 1. The topological polar surface area (TPSA) is 54.4 Å². The van der Waals surface area contributed by atoms with Gasteiger partial charge in [-0.3, -0.25) is 9.59 Å². The van der Waals surface area contributed by atoms with Crippen molar-refractivity contribution >= 4 is 11.8 Å². The molecular weight excluding hydrogens is 144 g/mol. The number of aliphatic carboxylic acids is 1. The number of ketones is 1. The number of fused-ring (bicyclic) bond motifs is 2. The molecule has 2 rings (SSSR count). The smallest absolute Gasteiger partial charge is 0.317 e. The van der Waals surface area contributed by atoms with Gasteiger partial charge in [0.2, 0.25) is 0 Å². The summed E-state index contributed by atoms with van der Waals surface area (Å²) in [6.45, 7) is 0. The van der Waals surface area contributed by atoms with Gasteiger partial charge in [0, 0.05) is 6.42 Å². The molecule has 0 saturated heterocycles. The number of Topliss-reactive ketones (excluding diaryl/α,β-unsaturated/α-hetero) is 1. The number of carboxylic acids is 1. The zero-order valence-electron chi connectivity index (χ0n) is 6.17. The summed E-state index contributed by atoms with van der Waals surface area (Å²) >= 11 is 0. The summed E-state index contributed by atoms with van der Waals surface area (Å²) in [6.07, 6.45) is 2.61. The van der Waals surface area contributed by atoms with Crippen molar-refractivity contribution in [3.63, 3.8) is 0 Å². The van der Waals surface area contributed by atoms with Crippen molar-refractivity contribution in [1.82, 2.24) is 0 Å². The van der Waals surface area contributed by atoms with Crippen LogP contribution in [0.1, 0.15) is 25.7 Å². The number of hydrogen-bond acceptors (Lipinski definition) is 2. The molecule has 3 nitrogen and oxygen atoms in total. The molecule has 2 atom stereocenters. The van der Waals surface area contributed by atoms with Crippen LogP contribution < -0.4 is 0 Å². The van der Waals surface area contributed by atoms with Crippen LogP contribution in [0.4, 0.5) is 0 Å². The summed E-state index contributed by atoms with van der Waals surface area (Å²) in [5.74, 6) is -0.567. The Balaban J connectivity index is 2.37. The van der Waals surface area contributed by atoms with Crippen LogP contribution >= 0.6 is 0 Å². The molecule has 0 radical (unpaired) electrons.